The molecule has 0 radical (unpaired) electrons. The molecule has 2 fully saturated rings. The Morgan fingerprint density at radius 2 is 2.12 bits per heavy atom. The van der Waals surface area contributed by atoms with E-state index < -0.39 is 0 Å². The molecule has 0 N–H and O–H groups in total. The number of rotatable bonds is 4. The van der Waals surface area contributed by atoms with E-state index >= 15 is 0 Å². The van der Waals surface area contributed by atoms with Gasteiger partial charge in [0.05, 0.1) is 11.3 Å². The molecule has 4 rings (SSSR count). The summed E-state index contributed by atoms with van der Waals surface area (Å²) in [5.41, 5.74) is 1.49. The molecule has 2 aromatic rings. The van der Waals surface area contributed by atoms with Crippen LogP contribution in [0.1, 0.15) is 46.9 Å². The van der Waals surface area contributed by atoms with Crippen LogP contribution in [-0.4, -0.2) is 71.6 Å². The van der Waals surface area contributed by atoms with Crippen molar-refractivity contribution in [1.29, 1.82) is 0 Å². The molecule has 0 aromatic carbocycles. The van der Waals surface area contributed by atoms with Gasteiger partial charge in [0, 0.05) is 52.0 Å². The molecule has 1 saturated carbocycles. The van der Waals surface area contributed by atoms with Gasteiger partial charge in [-0.3, -0.25) is 14.7 Å². The molecule has 8 nitrogen and oxygen atoms in total. The van der Waals surface area contributed by atoms with Crippen LogP contribution in [0.5, 0.6) is 0 Å². The van der Waals surface area contributed by atoms with Crippen molar-refractivity contribution in [3.8, 4) is 0 Å². The Morgan fingerprint density at radius 1 is 1.31 bits per heavy atom. The second kappa shape index (κ2) is 6.68. The fraction of sp³-hybridized carbons (Fsp3) is 0.556. The maximum Gasteiger partial charge on any atom is 0.257 e. The summed E-state index contributed by atoms with van der Waals surface area (Å²) in [6.07, 6.45) is 5.62. The molecule has 1 aliphatic carbocycles. The number of carbonyl (C=O) groups is 1. The van der Waals surface area contributed by atoms with Gasteiger partial charge >= 0.3 is 0 Å². The van der Waals surface area contributed by atoms with E-state index in [2.05, 4.69) is 20.0 Å². The summed E-state index contributed by atoms with van der Waals surface area (Å²) >= 11 is 0. The fourth-order valence-corrected chi connectivity index (χ4v) is 3.33. The molecule has 0 unspecified atom stereocenters. The molecule has 1 aliphatic heterocycles. The molecule has 1 atom stereocenters. The minimum absolute atomic E-state index is 0.0122. The lowest BCUT2D eigenvalue weighted by atomic mass is 10.1. The largest absolute Gasteiger partial charge is 0.377 e. The highest BCUT2D eigenvalue weighted by Crippen LogP contribution is 2.39. The molecule has 0 bridgehead atoms. The van der Waals surface area contributed by atoms with Gasteiger partial charge in [-0.15, -0.1) is 0 Å². The molecule has 2 aromatic heterocycles. The van der Waals surface area contributed by atoms with Crippen molar-refractivity contribution in [3.63, 3.8) is 0 Å². The SMILES string of the molecule is CN(C)c1ccncc1C(=O)N1CCN(C)[C@@H](c2nc(C3CC3)no2)C1. The second-order valence-corrected chi connectivity index (χ2v) is 7.30. The number of aromatic nitrogens is 3. The minimum atomic E-state index is -0.0767. The van der Waals surface area contributed by atoms with Crippen LogP contribution >= 0.6 is 0 Å². The molecular weight excluding hydrogens is 332 g/mol. The predicted molar refractivity (Wildman–Crippen MR) is 96.1 cm³/mol. The minimum Gasteiger partial charge on any atom is -0.377 e. The number of pyridine rings is 1. The number of likely N-dealkylation sites (N-methyl/N-ethyl adjacent to an activating group) is 1. The zero-order chi connectivity index (χ0) is 18.3. The molecule has 8 heteroatoms. The summed E-state index contributed by atoms with van der Waals surface area (Å²) in [4.78, 5) is 27.8. The van der Waals surface area contributed by atoms with E-state index in [1.165, 1.54) is 0 Å². The summed E-state index contributed by atoms with van der Waals surface area (Å²) in [7, 11) is 5.89. The Balaban J connectivity index is 1.55. The Labute approximate surface area is 152 Å². The van der Waals surface area contributed by atoms with Gasteiger partial charge in [0.25, 0.3) is 5.91 Å². The van der Waals surface area contributed by atoms with E-state index in [1.807, 2.05) is 37.0 Å². The quantitative estimate of drug-likeness (QED) is 0.822. The first-order chi connectivity index (χ1) is 12.5. The topological polar surface area (TPSA) is 78.6 Å². The van der Waals surface area contributed by atoms with Crippen molar-refractivity contribution < 1.29 is 9.32 Å². The van der Waals surface area contributed by atoms with E-state index in [0.29, 0.717) is 30.5 Å². The van der Waals surface area contributed by atoms with Gasteiger partial charge in [-0.1, -0.05) is 5.16 Å². The van der Waals surface area contributed by atoms with E-state index in [9.17, 15) is 4.79 Å². The molecule has 1 saturated heterocycles. The third kappa shape index (κ3) is 3.16. The highest BCUT2D eigenvalue weighted by atomic mass is 16.5. The highest BCUT2D eigenvalue weighted by Gasteiger charge is 2.35. The summed E-state index contributed by atoms with van der Waals surface area (Å²) in [5, 5.41) is 4.12. The monoisotopic (exact) mass is 356 g/mol. The number of piperazine rings is 1. The van der Waals surface area contributed by atoms with Crippen molar-refractivity contribution in [3.05, 3.63) is 35.7 Å². The molecule has 138 valence electrons. The van der Waals surface area contributed by atoms with Crippen molar-refractivity contribution in [1.82, 2.24) is 24.9 Å². The molecule has 2 aliphatic rings. The zero-order valence-corrected chi connectivity index (χ0v) is 15.4. The standard InChI is InChI=1S/C18H24N6O2/c1-22(2)14-6-7-19-10-13(14)18(25)24-9-8-23(3)15(11-24)17-20-16(21-26-17)12-4-5-12/h6-7,10,12,15H,4-5,8-9,11H2,1-3H3/t15-/m1/s1. The number of hydrogen-bond acceptors (Lipinski definition) is 7. The molecular formula is C18H24N6O2. The average molecular weight is 356 g/mol. The first-order valence-electron chi connectivity index (χ1n) is 8.99. The molecule has 26 heavy (non-hydrogen) atoms. The van der Waals surface area contributed by atoms with Crippen LogP contribution in [0.2, 0.25) is 0 Å². The first-order valence-corrected chi connectivity index (χ1v) is 8.99. The van der Waals surface area contributed by atoms with Gasteiger partial charge in [0.15, 0.2) is 5.82 Å². The van der Waals surface area contributed by atoms with Crippen molar-refractivity contribution >= 4 is 11.6 Å². The lowest BCUT2D eigenvalue weighted by molar-refractivity contribution is 0.0489. The number of hydrogen-bond donors (Lipinski definition) is 0. The smallest absolute Gasteiger partial charge is 0.257 e. The highest BCUT2D eigenvalue weighted by molar-refractivity contribution is 5.99. The second-order valence-electron chi connectivity index (χ2n) is 7.30. The van der Waals surface area contributed by atoms with Crippen molar-refractivity contribution in [2.75, 3.05) is 45.7 Å². The fourth-order valence-electron chi connectivity index (χ4n) is 3.33. The molecule has 1 amide bonds. The Kier molecular flexibility index (Phi) is 4.36. The van der Waals surface area contributed by atoms with Crippen LogP contribution in [0.3, 0.4) is 0 Å². The van der Waals surface area contributed by atoms with E-state index in [1.54, 1.807) is 12.4 Å². The third-order valence-corrected chi connectivity index (χ3v) is 5.13. The summed E-state index contributed by atoms with van der Waals surface area (Å²) < 4.78 is 5.51. The summed E-state index contributed by atoms with van der Waals surface area (Å²) in [5.74, 6) is 1.85. The van der Waals surface area contributed by atoms with E-state index in [0.717, 1.165) is 30.9 Å². The summed E-state index contributed by atoms with van der Waals surface area (Å²) in [6, 6.07) is 1.79. The average Bonchev–Trinajstić information content (AvgIpc) is 3.39. The number of carbonyl (C=O) groups excluding carboxylic acids is 1. The first kappa shape index (κ1) is 17.0. The Hall–Kier alpha value is -2.48. The van der Waals surface area contributed by atoms with Gasteiger partial charge < -0.3 is 14.3 Å². The van der Waals surface area contributed by atoms with E-state index in [4.69, 9.17) is 4.52 Å². The third-order valence-electron chi connectivity index (χ3n) is 5.13. The van der Waals surface area contributed by atoms with Gasteiger partial charge in [-0.05, 0) is 26.0 Å². The van der Waals surface area contributed by atoms with Gasteiger partial charge in [-0.2, -0.15) is 4.98 Å². The van der Waals surface area contributed by atoms with Crippen molar-refractivity contribution in [2.24, 2.45) is 0 Å². The van der Waals surface area contributed by atoms with Gasteiger partial charge in [-0.25, -0.2) is 0 Å². The number of anilines is 1. The lowest BCUT2D eigenvalue weighted by Gasteiger charge is -2.37. The maximum absolute atomic E-state index is 13.1. The van der Waals surface area contributed by atoms with Crippen LogP contribution in [0.25, 0.3) is 0 Å². The van der Waals surface area contributed by atoms with Crippen LogP contribution in [0.15, 0.2) is 23.0 Å². The lowest BCUT2D eigenvalue weighted by Crippen LogP contribution is -2.49. The van der Waals surface area contributed by atoms with Crippen LogP contribution in [-0.2, 0) is 0 Å². The van der Waals surface area contributed by atoms with E-state index in [-0.39, 0.29) is 11.9 Å². The molecule has 3 heterocycles. The van der Waals surface area contributed by atoms with Gasteiger partial charge in [0.1, 0.15) is 6.04 Å². The van der Waals surface area contributed by atoms with Crippen LogP contribution in [0.4, 0.5) is 5.69 Å². The Bertz CT molecular complexity index is 800. The van der Waals surface area contributed by atoms with Crippen LogP contribution in [0, 0.1) is 0 Å². The van der Waals surface area contributed by atoms with Gasteiger partial charge in [0.2, 0.25) is 5.89 Å². The maximum atomic E-state index is 13.1. The Morgan fingerprint density at radius 3 is 2.85 bits per heavy atom. The zero-order valence-electron chi connectivity index (χ0n) is 15.4. The molecule has 0 spiro atoms. The summed E-state index contributed by atoms with van der Waals surface area (Å²) in [6.45, 7) is 1.95. The normalized spacial score (nSPS) is 21.0. The number of nitrogens with zero attached hydrogens (tertiary/aromatic N) is 6. The number of amides is 1. The predicted octanol–water partition coefficient (Wildman–Crippen LogP) is 1.54. The van der Waals surface area contributed by atoms with Crippen LogP contribution < -0.4 is 4.90 Å². The van der Waals surface area contributed by atoms with Crippen molar-refractivity contribution in [2.45, 2.75) is 24.8 Å².